The van der Waals surface area contributed by atoms with Gasteiger partial charge in [-0.05, 0) is 12.5 Å². The summed E-state index contributed by atoms with van der Waals surface area (Å²) in [5.74, 6) is 0.523. The van der Waals surface area contributed by atoms with Crippen LogP contribution in [0.4, 0.5) is 0 Å². The monoisotopic (exact) mass is 334 g/mol. The normalized spacial score (nSPS) is 11.9. The Kier molecular flexibility index (Phi) is 8.86. The van der Waals surface area contributed by atoms with E-state index in [9.17, 15) is 4.79 Å². The number of ether oxygens (including phenoxy) is 1. The average molecular weight is 334 g/mol. The summed E-state index contributed by atoms with van der Waals surface area (Å²) in [7, 11) is 1.60. The van der Waals surface area contributed by atoms with E-state index in [4.69, 9.17) is 4.74 Å². The summed E-state index contributed by atoms with van der Waals surface area (Å²) in [5, 5.41) is 9.23. The summed E-state index contributed by atoms with van der Waals surface area (Å²) in [6, 6.07) is 10.3. The Bertz CT molecular complexity index is 515. The van der Waals surface area contributed by atoms with Gasteiger partial charge in [0.25, 0.3) is 0 Å². The molecule has 3 N–H and O–H groups in total. The second kappa shape index (κ2) is 10.6. The maximum atomic E-state index is 11.7. The van der Waals surface area contributed by atoms with Crippen LogP contribution in [0.3, 0.4) is 0 Å². The lowest BCUT2D eigenvalue weighted by molar-refractivity contribution is -0.119. The largest absolute Gasteiger partial charge is 0.383 e. The molecule has 0 atom stereocenters. The number of amides is 1. The lowest BCUT2D eigenvalue weighted by Gasteiger charge is -2.26. The van der Waals surface area contributed by atoms with Gasteiger partial charge >= 0.3 is 0 Å². The van der Waals surface area contributed by atoms with Crippen molar-refractivity contribution in [1.29, 1.82) is 0 Å². The molecule has 0 saturated carbocycles. The molecule has 0 aromatic heterocycles. The van der Waals surface area contributed by atoms with Crippen LogP contribution in [0.25, 0.3) is 0 Å². The van der Waals surface area contributed by atoms with Gasteiger partial charge in [-0.15, -0.1) is 0 Å². The van der Waals surface area contributed by atoms with Gasteiger partial charge in [0.1, 0.15) is 6.54 Å². The van der Waals surface area contributed by atoms with Crippen molar-refractivity contribution >= 4 is 11.9 Å². The number of methoxy groups -OCH3 is 1. The number of carbonyl (C=O) groups excluding carboxylic acids is 1. The van der Waals surface area contributed by atoms with E-state index in [1.807, 2.05) is 25.1 Å². The third-order valence-electron chi connectivity index (χ3n) is 3.61. The van der Waals surface area contributed by atoms with Crippen molar-refractivity contribution in [3.63, 3.8) is 0 Å². The summed E-state index contributed by atoms with van der Waals surface area (Å²) in [6.45, 7) is 8.89. The molecule has 1 aromatic rings. The van der Waals surface area contributed by atoms with Crippen LogP contribution in [0.2, 0.25) is 0 Å². The third-order valence-corrected chi connectivity index (χ3v) is 3.61. The molecular weight excluding hydrogens is 304 g/mol. The van der Waals surface area contributed by atoms with Crippen LogP contribution in [-0.2, 0) is 14.9 Å². The third kappa shape index (κ3) is 7.46. The standard InChI is InChI=1S/C18H30N4O2/c1-5-19-17(21-13-16(23)20-11-12-24-4)22-14-18(2,3)15-9-7-6-8-10-15/h6-10H,5,11-14H2,1-4H3,(H,20,23)(H2,19,21,22). The maximum absolute atomic E-state index is 11.7. The second-order valence-electron chi connectivity index (χ2n) is 6.14. The highest BCUT2D eigenvalue weighted by atomic mass is 16.5. The van der Waals surface area contributed by atoms with Crippen molar-refractivity contribution in [3.8, 4) is 0 Å². The molecule has 1 amide bonds. The number of hydrogen-bond acceptors (Lipinski definition) is 3. The molecule has 0 saturated heterocycles. The average Bonchev–Trinajstić information content (AvgIpc) is 2.58. The minimum atomic E-state index is -0.119. The van der Waals surface area contributed by atoms with Gasteiger partial charge < -0.3 is 20.7 Å². The first-order valence-electron chi connectivity index (χ1n) is 8.33. The van der Waals surface area contributed by atoms with E-state index in [0.29, 0.717) is 25.7 Å². The van der Waals surface area contributed by atoms with Crippen LogP contribution >= 0.6 is 0 Å². The van der Waals surface area contributed by atoms with Gasteiger partial charge in [0.2, 0.25) is 5.91 Å². The van der Waals surface area contributed by atoms with Gasteiger partial charge in [-0.1, -0.05) is 44.2 Å². The van der Waals surface area contributed by atoms with E-state index in [-0.39, 0.29) is 17.9 Å². The van der Waals surface area contributed by atoms with E-state index in [1.165, 1.54) is 5.56 Å². The minimum Gasteiger partial charge on any atom is -0.383 e. The zero-order valence-corrected chi connectivity index (χ0v) is 15.2. The number of carbonyl (C=O) groups is 1. The quantitative estimate of drug-likeness (QED) is 0.361. The Balaban J connectivity index is 2.56. The lowest BCUT2D eigenvalue weighted by atomic mass is 9.85. The fourth-order valence-electron chi connectivity index (χ4n) is 2.14. The fourth-order valence-corrected chi connectivity index (χ4v) is 2.14. The summed E-state index contributed by atoms with van der Waals surface area (Å²) in [5.41, 5.74) is 1.21. The zero-order valence-electron chi connectivity index (χ0n) is 15.2. The van der Waals surface area contributed by atoms with Gasteiger partial charge in [-0.3, -0.25) is 4.79 Å². The first kappa shape index (κ1) is 20.0. The van der Waals surface area contributed by atoms with Crippen molar-refractivity contribution in [1.82, 2.24) is 16.0 Å². The van der Waals surface area contributed by atoms with Crippen LogP contribution in [0.5, 0.6) is 0 Å². The highest BCUT2D eigenvalue weighted by Gasteiger charge is 2.20. The number of hydrogen-bond donors (Lipinski definition) is 3. The summed E-state index contributed by atoms with van der Waals surface area (Å²) >= 11 is 0. The topological polar surface area (TPSA) is 74.8 Å². The maximum Gasteiger partial charge on any atom is 0.241 e. The number of aliphatic imine (C=N–C) groups is 1. The van der Waals surface area contributed by atoms with E-state index in [1.54, 1.807) is 7.11 Å². The van der Waals surface area contributed by atoms with Crippen molar-refractivity contribution in [2.24, 2.45) is 4.99 Å². The van der Waals surface area contributed by atoms with E-state index in [0.717, 1.165) is 6.54 Å². The van der Waals surface area contributed by atoms with Crippen LogP contribution in [0.1, 0.15) is 26.3 Å². The number of guanidine groups is 1. The first-order valence-corrected chi connectivity index (χ1v) is 8.33. The Morgan fingerprint density at radius 2 is 1.88 bits per heavy atom. The predicted octanol–water partition coefficient (Wildman–Crippen LogP) is 1.28. The first-order chi connectivity index (χ1) is 11.5. The Morgan fingerprint density at radius 3 is 2.50 bits per heavy atom. The lowest BCUT2D eigenvalue weighted by Crippen LogP contribution is -2.44. The molecule has 0 radical (unpaired) electrons. The summed E-state index contributed by atoms with van der Waals surface area (Å²) in [6.07, 6.45) is 0. The predicted molar refractivity (Wildman–Crippen MR) is 98.3 cm³/mol. The summed E-state index contributed by atoms with van der Waals surface area (Å²) in [4.78, 5) is 16.1. The van der Waals surface area contributed by atoms with E-state index in [2.05, 4.69) is 46.9 Å². The Hall–Kier alpha value is -2.08. The van der Waals surface area contributed by atoms with E-state index < -0.39 is 0 Å². The van der Waals surface area contributed by atoms with Crippen LogP contribution in [0.15, 0.2) is 35.3 Å². The molecule has 0 aliphatic heterocycles. The molecule has 0 heterocycles. The molecule has 0 aliphatic carbocycles. The fraction of sp³-hybridized carbons (Fsp3) is 0.556. The van der Waals surface area contributed by atoms with Crippen LogP contribution < -0.4 is 16.0 Å². The van der Waals surface area contributed by atoms with E-state index >= 15 is 0 Å². The highest BCUT2D eigenvalue weighted by Crippen LogP contribution is 2.21. The molecular formula is C18H30N4O2. The SMILES string of the molecule is CCNC(=NCC(=O)NCCOC)NCC(C)(C)c1ccccc1. The van der Waals surface area contributed by atoms with Gasteiger partial charge in [-0.25, -0.2) is 4.99 Å². The van der Waals surface area contributed by atoms with Crippen molar-refractivity contribution < 1.29 is 9.53 Å². The molecule has 1 rings (SSSR count). The molecule has 0 bridgehead atoms. The van der Waals surface area contributed by atoms with Crippen LogP contribution in [-0.4, -0.2) is 51.8 Å². The van der Waals surface area contributed by atoms with Gasteiger partial charge in [0, 0.05) is 32.2 Å². The minimum absolute atomic E-state index is 0.0435. The number of rotatable bonds is 9. The Morgan fingerprint density at radius 1 is 1.17 bits per heavy atom. The molecule has 6 nitrogen and oxygen atoms in total. The molecule has 0 spiro atoms. The number of nitrogens with one attached hydrogen (secondary N) is 3. The van der Waals surface area contributed by atoms with Crippen molar-refractivity contribution in [2.45, 2.75) is 26.2 Å². The van der Waals surface area contributed by atoms with Gasteiger partial charge in [0.05, 0.1) is 6.61 Å². The number of benzene rings is 1. The molecule has 134 valence electrons. The molecule has 0 aliphatic rings. The van der Waals surface area contributed by atoms with Gasteiger partial charge in [0.15, 0.2) is 5.96 Å². The second-order valence-corrected chi connectivity index (χ2v) is 6.14. The molecule has 6 heteroatoms. The molecule has 0 fully saturated rings. The molecule has 0 unspecified atom stereocenters. The van der Waals surface area contributed by atoms with Crippen LogP contribution in [0, 0.1) is 0 Å². The highest BCUT2D eigenvalue weighted by molar-refractivity contribution is 5.84. The van der Waals surface area contributed by atoms with Crippen molar-refractivity contribution in [3.05, 3.63) is 35.9 Å². The smallest absolute Gasteiger partial charge is 0.241 e. The zero-order chi connectivity index (χ0) is 17.8. The Labute approximate surface area is 145 Å². The molecule has 24 heavy (non-hydrogen) atoms. The summed E-state index contributed by atoms with van der Waals surface area (Å²) < 4.78 is 4.90. The number of nitrogens with zero attached hydrogens (tertiary/aromatic N) is 1. The van der Waals surface area contributed by atoms with Gasteiger partial charge in [-0.2, -0.15) is 0 Å². The van der Waals surface area contributed by atoms with Crippen molar-refractivity contribution in [2.75, 3.05) is 39.9 Å². The molecule has 1 aromatic carbocycles.